The van der Waals surface area contributed by atoms with Crippen LogP contribution >= 0.6 is 0 Å². The van der Waals surface area contributed by atoms with Crippen molar-refractivity contribution >= 4 is 54.4 Å². The van der Waals surface area contributed by atoms with Crippen LogP contribution in [0.15, 0.2) is 176 Å². The molecular weight excluding hydrogens is 703 g/mol. The van der Waals surface area contributed by atoms with Gasteiger partial charge in [-0.25, -0.2) is 0 Å². The van der Waals surface area contributed by atoms with Crippen molar-refractivity contribution in [2.24, 2.45) is 0 Å². The predicted octanol–water partition coefficient (Wildman–Crippen LogP) is 13.9. The molecule has 0 aliphatic heterocycles. The Labute approximate surface area is 336 Å². The van der Waals surface area contributed by atoms with E-state index >= 15 is 0 Å². The van der Waals surface area contributed by atoms with Crippen LogP contribution in [0.1, 0.15) is 25.0 Å². The summed E-state index contributed by atoms with van der Waals surface area (Å²) in [6.45, 7) is 4.67. The number of nitrogens with zero attached hydrogens (tertiary/aromatic N) is 3. The second kappa shape index (κ2) is 12.2. The molecule has 0 fully saturated rings. The molecule has 2 heterocycles. The summed E-state index contributed by atoms with van der Waals surface area (Å²) < 4.78 is 2.38. The normalized spacial score (nSPS) is 13.0. The lowest BCUT2D eigenvalue weighted by atomic mass is 9.81. The van der Waals surface area contributed by atoms with Crippen LogP contribution in [0.5, 0.6) is 0 Å². The Morgan fingerprint density at radius 3 is 1.83 bits per heavy atom. The van der Waals surface area contributed by atoms with E-state index in [0.29, 0.717) is 0 Å². The van der Waals surface area contributed by atoms with Crippen LogP contribution in [-0.4, -0.2) is 14.5 Å². The molecule has 0 unspecified atom stereocenters. The highest BCUT2D eigenvalue weighted by atomic mass is 15.0. The third kappa shape index (κ3) is 4.76. The first-order valence-corrected chi connectivity index (χ1v) is 19.9. The van der Waals surface area contributed by atoms with Gasteiger partial charge in [-0.2, -0.15) is 0 Å². The highest BCUT2D eigenvalue weighted by Crippen LogP contribution is 2.50. The Bertz CT molecular complexity index is 3430. The van der Waals surface area contributed by atoms with Gasteiger partial charge in [0.1, 0.15) is 0 Å². The summed E-state index contributed by atoms with van der Waals surface area (Å²) in [6, 6.07) is 66.8. The zero-order valence-corrected chi connectivity index (χ0v) is 32.1. The molecule has 0 atom stereocenters. The van der Waals surface area contributed by atoms with Gasteiger partial charge in [-0.05, 0) is 97.7 Å². The molecule has 11 aromatic rings. The van der Waals surface area contributed by atoms with Crippen LogP contribution < -0.4 is 0 Å². The Balaban J connectivity index is 0.887. The van der Waals surface area contributed by atoms with Gasteiger partial charge in [0, 0.05) is 56.2 Å². The van der Waals surface area contributed by atoms with E-state index in [-0.39, 0.29) is 5.41 Å². The molecule has 0 amide bonds. The fourth-order valence-corrected chi connectivity index (χ4v) is 9.57. The molecule has 9 aromatic carbocycles. The minimum absolute atomic E-state index is 0.210. The van der Waals surface area contributed by atoms with E-state index in [1.54, 1.807) is 12.4 Å². The highest BCUT2D eigenvalue weighted by Gasteiger charge is 2.36. The monoisotopic (exact) mass is 737 g/mol. The van der Waals surface area contributed by atoms with Gasteiger partial charge in [0.25, 0.3) is 0 Å². The zero-order chi connectivity index (χ0) is 38.5. The molecule has 3 nitrogen and oxygen atoms in total. The molecular formula is C55H35N3. The molecule has 12 rings (SSSR count). The Morgan fingerprint density at radius 2 is 1.02 bits per heavy atom. The maximum Gasteiger partial charge on any atom is 0.0971 e. The lowest BCUT2D eigenvalue weighted by molar-refractivity contribution is 0.661. The van der Waals surface area contributed by atoms with Crippen molar-refractivity contribution in [2.45, 2.75) is 19.3 Å². The van der Waals surface area contributed by atoms with Crippen LogP contribution in [0, 0.1) is 12.1 Å². The largest absolute Gasteiger partial charge is 0.309 e. The van der Waals surface area contributed by atoms with Gasteiger partial charge in [-0.3, -0.25) is 9.97 Å². The molecule has 0 saturated carbocycles. The number of fused-ring (bicyclic) bond motifs is 12. The van der Waals surface area contributed by atoms with Gasteiger partial charge in [0.05, 0.1) is 22.1 Å². The summed E-state index contributed by atoms with van der Waals surface area (Å²) in [5, 5.41) is 7.17. The summed E-state index contributed by atoms with van der Waals surface area (Å²) in [5.41, 5.74) is 17.1. The summed E-state index contributed by atoms with van der Waals surface area (Å²) in [5.74, 6) is 0. The standard InChI is InChI=1S/C55H35N3/c1-55(2)49-31-37(34-16-18-35(19-17-34)39-23-27-46-45-13-8-9-15-51(45)58(52(46)33-39)40-10-4-3-5-11-40)21-25-43(49)44-26-22-38(32-50(44)55)36-20-24-42-41-12-6-7-14-47(41)53-54(48(42)30-36)57-29-28-56-53/h3-20,22-24,26-33H,1-2H3. The number of hydrogen-bond donors (Lipinski definition) is 0. The van der Waals surface area contributed by atoms with E-state index in [4.69, 9.17) is 9.97 Å². The summed E-state index contributed by atoms with van der Waals surface area (Å²) in [7, 11) is 0. The van der Waals surface area contributed by atoms with E-state index in [0.717, 1.165) is 44.2 Å². The van der Waals surface area contributed by atoms with E-state index < -0.39 is 0 Å². The van der Waals surface area contributed by atoms with Gasteiger partial charge in [0.2, 0.25) is 0 Å². The molecule has 0 bridgehead atoms. The molecule has 0 radical (unpaired) electrons. The molecule has 270 valence electrons. The zero-order valence-electron chi connectivity index (χ0n) is 32.1. The first-order valence-electron chi connectivity index (χ1n) is 19.9. The number of rotatable bonds is 4. The lowest BCUT2D eigenvalue weighted by Crippen LogP contribution is -2.15. The predicted molar refractivity (Wildman–Crippen MR) is 240 cm³/mol. The number of para-hydroxylation sites is 2. The molecule has 0 spiro atoms. The molecule has 3 heteroatoms. The van der Waals surface area contributed by atoms with Gasteiger partial charge in [0.15, 0.2) is 0 Å². The summed E-state index contributed by atoms with van der Waals surface area (Å²) >= 11 is 0. The first-order chi connectivity index (χ1) is 28.5. The SMILES string of the molecule is CC1(C)c2cc(-c3ccc(-c4ccc5c6ccccc6n(-c6ccccc6)c5c4)cc3)c#cc2-c2ccc(-c3ccc4c5ccccc5c5nccnc5c4c3)cc21. The maximum atomic E-state index is 4.82. The molecule has 0 saturated heterocycles. The molecule has 1 aliphatic rings. The van der Waals surface area contributed by atoms with E-state index in [1.807, 2.05) is 0 Å². The molecule has 2 aromatic heterocycles. The smallest absolute Gasteiger partial charge is 0.0971 e. The number of aromatic nitrogens is 3. The van der Waals surface area contributed by atoms with Crippen LogP contribution in [0.3, 0.4) is 0 Å². The van der Waals surface area contributed by atoms with Crippen LogP contribution in [-0.2, 0) is 5.41 Å². The van der Waals surface area contributed by atoms with Crippen LogP contribution in [0.4, 0.5) is 0 Å². The minimum Gasteiger partial charge on any atom is -0.309 e. The van der Waals surface area contributed by atoms with Gasteiger partial charge >= 0.3 is 0 Å². The molecule has 0 N–H and O–H groups in total. The fourth-order valence-electron chi connectivity index (χ4n) is 9.57. The average molecular weight is 738 g/mol. The average Bonchev–Trinajstić information content (AvgIpc) is 3.73. The molecule has 58 heavy (non-hydrogen) atoms. The maximum absolute atomic E-state index is 4.82. The van der Waals surface area contributed by atoms with Gasteiger partial charge in [-0.1, -0.05) is 147 Å². The van der Waals surface area contributed by atoms with Crippen molar-refractivity contribution in [3.05, 3.63) is 199 Å². The lowest BCUT2D eigenvalue weighted by Gasteiger charge is -2.22. The third-order valence-corrected chi connectivity index (χ3v) is 12.5. The van der Waals surface area contributed by atoms with Gasteiger partial charge in [-0.15, -0.1) is 0 Å². The number of hydrogen-bond acceptors (Lipinski definition) is 2. The summed E-state index contributed by atoms with van der Waals surface area (Å²) in [6.07, 6.45) is 3.58. The minimum atomic E-state index is -0.210. The van der Waals surface area contributed by atoms with Crippen molar-refractivity contribution in [1.29, 1.82) is 0 Å². The van der Waals surface area contributed by atoms with E-state index in [1.165, 1.54) is 71.5 Å². The summed E-state index contributed by atoms with van der Waals surface area (Å²) in [4.78, 5) is 9.57. The number of benzene rings is 8. The van der Waals surface area contributed by atoms with Crippen molar-refractivity contribution in [1.82, 2.24) is 14.5 Å². The first kappa shape index (κ1) is 32.7. The van der Waals surface area contributed by atoms with Crippen LogP contribution in [0.2, 0.25) is 0 Å². The third-order valence-electron chi connectivity index (χ3n) is 12.5. The van der Waals surface area contributed by atoms with E-state index in [9.17, 15) is 0 Å². The van der Waals surface area contributed by atoms with Crippen molar-refractivity contribution in [2.75, 3.05) is 0 Å². The Hall–Kier alpha value is -7.54. The highest BCUT2D eigenvalue weighted by molar-refractivity contribution is 6.23. The van der Waals surface area contributed by atoms with Gasteiger partial charge < -0.3 is 4.57 Å². The van der Waals surface area contributed by atoms with Crippen LogP contribution in [0.25, 0.3) is 105 Å². The quantitative estimate of drug-likeness (QED) is 0.168. The fraction of sp³-hybridized carbons (Fsp3) is 0.0545. The second-order valence-electron chi connectivity index (χ2n) is 16.0. The molecule has 1 aliphatic carbocycles. The topological polar surface area (TPSA) is 30.7 Å². The Kier molecular flexibility index (Phi) is 6.89. The van der Waals surface area contributed by atoms with E-state index in [2.05, 4.69) is 194 Å². The van der Waals surface area contributed by atoms with Crippen molar-refractivity contribution in [3.63, 3.8) is 0 Å². The second-order valence-corrected chi connectivity index (χ2v) is 16.0. The Morgan fingerprint density at radius 1 is 0.431 bits per heavy atom. The van der Waals surface area contributed by atoms with Crippen molar-refractivity contribution in [3.8, 4) is 50.2 Å². The van der Waals surface area contributed by atoms with Crippen molar-refractivity contribution < 1.29 is 0 Å².